The second-order valence-electron chi connectivity index (χ2n) is 9.06. The number of likely N-dealkylation sites (tertiary alicyclic amines) is 1. The van der Waals surface area contributed by atoms with Crippen molar-refractivity contribution in [1.82, 2.24) is 10.2 Å². The topological polar surface area (TPSA) is 63.2 Å². The molecule has 1 fully saturated rings. The molecule has 0 bridgehead atoms. The molecule has 6 nitrogen and oxygen atoms in total. The summed E-state index contributed by atoms with van der Waals surface area (Å²) in [5.74, 6) is 1.08. The minimum absolute atomic E-state index is 0.0431. The maximum Gasteiger partial charge on any atom is 0.416 e. The van der Waals surface area contributed by atoms with E-state index < -0.39 is 25.6 Å². The summed E-state index contributed by atoms with van der Waals surface area (Å²) in [7, 11) is 1.38. The van der Waals surface area contributed by atoms with Gasteiger partial charge in [-0.2, -0.15) is 21.6 Å². The highest BCUT2D eigenvalue weighted by molar-refractivity contribution is 8.16. The number of amidine groups is 1. The zero-order valence-corrected chi connectivity index (χ0v) is 24.0. The van der Waals surface area contributed by atoms with Crippen molar-refractivity contribution in [3.05, 3.63) is 58.0 Å². The van der Waals surface area contributed by atoms with Crippen molar-refractivity contribution >= 4 is 43.1 Å². The van der Waals surface area contributed by atoms with Crippen LogP contribution in [0.15, 0.2) is 46.3 Å². The van der Waals surface area contributed by atoms with E-state index in [4.69, 9.17) is 9.47 Å². The van der Waals surface area contributed by atoms with Gasteiger partial charge in [-0.3, -0.25) is 9.79 Å². The van der Waals surface area contributed by atoms with Gasteiger partial charge in [0.25, 0.3) is 8.54 Å². The van der Waals surface area contributed by atoms with Crippen LogP contribution in [0.2, 0.25) is 0 Å². The predicted molar refractivity (Wildman–Crippen MR) is 151 cm³/mol. The number of ether oxygens (including phenoxy) is 2. The van der Waals surface area contributed by atoms with Crippen LogP contribution in [0.4, 0.5) is 21.6 Å². The van der Waals surface area contributed by atoms with Gasteiger partial charge in [0.1, 0.15) is 12.4 Å². The monoisotopic (exact) mass is 603 g/mol. The van der Waals surface area contributed by atoms with Gasteiger partial charge < -0.3 is 19.7 Å². The highest BCUT2D eigenvalue weighted by Gasteiger charge is 2.32. The fraction of sp³-hybridized carbons (Fsp3) is 0.407. The fourth-order valence-electron chi connectivity index (χ4n) is 4.41. The quantitative estimate of drug-likeness (QED) is 0.0979. The highest BCUT2D eigenvalue weighted by Crippen LogP contribution is 2.41. The van der Waals surface area contributed by atoms with Gasteiger partial charge >= 0.3 is 6.18 Å². The van der Waals surface area contributed by atoms with E-state index >= 15 is 0 Å². The second kappa shape index (κ2) is 14.8. The predicted octanol–water partition coefficient (Wildman–Crippen LogP) is 6.54. The number of halogens is 5. The number of aliphatic imine (C=N–C) groups is 1. The lowest BCUT2D eigenvalue weighted by atomic mass is 10.1. The van der Waals surface area contributed by atoms with E-state index in [0.29, 0.717) is 40.6 Å². The Morgan fingerprint density at radius 1 is 1.23 bits per heavy atom. The number of hydrogen-bond acceptors (Lipinski definition) is 6. The summed E-state index contributed by atoms with van der Waals surface area (Å²) in [6.45, 7) is 1.41. The Hall–Kier alpha value is -2.69. The first-order valence-corrected chi connectivity index (χ1v) is 14.4. The van der Waals surface area contributed by atoms with E-state index in [9.17, 15) is 26.4 Å². The molecule has 0 spiro atoms. The van der Waals surface area contributed by atoms with E-state index in [-0.39, 0.29) is 23.7 Å². The molecule has 2 aromatic rings. The molecule has 0 radical (unpaired) electrons. The number of benzene rings is 2. The van der Waals surface area contributed by atoms with Crippen LogP contribution in [0.3, 0.4) is 0 Å². The minimum atomic E-state index is -4.72. The van der Waals surface area contributed by atoms with Gasteiger partial charge in [0.2, 0.25) is 0 Å². The van der Waals surface area contributed by atoms with Crippen molar-refractivity contribution in [1.29, 1.82) is 0 Å². The number of nitrogens with zero attached hydrogens (tertiary/aromatic N) is 2. The normalized spacial score (nSPS) is 16.9. The Bertz CT molecular complexity index is 1230. The van der Waals surface area contributed by atoms with Crippen LogP contribution in [0, 0.1) is 0 Å². The van der Waals surface area contributed by atoms with Crippen LogP contribution in [-0.2, 0) is 17.6 Å². The van der Waals surface area contributed by atoms with E-state index in [1.165, 1.54) is 13.5 Å². The molecule has 1 unspecified atom stereocenters. The summed E-state index contributed by atoms with van der Waals surface area (Å²) in [6, 6.07) is 7.63. The van der Waals surface area contributed by atoms with Gasteiger partial charge in [-0.1, -0.05) is 23.9 Å². The van der Waals surface area contributed by atoms with E-state index in [1.54, 1.807) is 31.3 Å². The van der Waals surface area contributed by atoms with Gasteiger partial charge in [-0.05, 0) is 68.8 Å². The van der Waals surface area contributed by atoms with E-state index in [1.807, 2.05) is 0 Å². The molecule has 1 aliphatic heterocycles. The van der Waals surface area contributed by atoms with Crippen molar-refractivity contribution in [2.24, 2.45) is 4.99 Å². The van der Waals surface area contributed by atoms with E-state index in [2.05, 4.69) is 22.3 Å². The maximum absolute atomic E-state index is 13.5. The van der Waals surface area contributed by atoms with Crippen LogP contribution >= 0.6 is 20.3 Å². The number of thioether (sulfide) groups is 1. The van der Waals surface area contributed by atoms with Crippen LogP contribution in [0.1, 0.15) is 36.0 Å². The molecule has 1 aliphatic rings. The molecule has 2 aromatic carbocycles. The molecule has 0 aromatic heterocycles. The Morgan fingerprint density at radius 2 is 2.00 bits per heavy atom. The van der Waals surface area contributed by atoms with Gasteiger partial charge in [-0.15, -0.1) is 0 Å². The number of rotatable bonds is 12. The smallest absolute Gasteiger partial charge is 0.416 e. The van der Waals surface area contributed by atoms with Crippen LogP contribution in [-0.4, -0.2) is 56.7 Å². The zero-order valence-electron chi connectivity index (χ0n) is 22.3. The van der Waals surface area contributed by atoms with Crippen molar-refractivity contribution in [3.63, 3.8) is 0 Å². The van der Waals surface area contributed by atoms with Gasteiger partial charge in [0.05, 0.1) is 17.6 Å². The molecular weight excluding hydrogens is 572 g/mol. The highest BCUT2D eigenvalue weighted by atomic mass is 32.2. The second-order valence-corrected chi connectivity index (χ2v) is 10.9. The molecule has 3 rings (SSSR count). The van der Waals surface area contributed by atoms with Crippen molar-refractivity contribution < 1.29 is 35.8 Å². The average Bonchev–Trinajstić information content (AvgIpc) is 3.33. The lowest BCUT2D eigenvalue weighted by molar-refractivity contribution is -0.137. The number of nitrogens with one attached hydrogen (secondary N) is 1. The lowest BCUT2D eigenvalue weighted by Crippen LogP contribution is -2.32. The summed E-state index contributed by atoms with van der Waals surface area (Å²) < 4.78 is 77.1. The molecule has 0 amide bonds. The Kier molecular flexibility index (Phi) is 11.8. The molecule has 0 saturated carbocycles. The summed E-state index contributed by atoms with van der Waals surface area (Å²) in [5, 5.41) is 2.63. The number of alkyl halides is 3. The Labute approximate surface area is 236 Å². The third-order valence-corrected chi connectivity index (χ3v) is 7.98. The average molecular weight is 604 g/mol. The van der Waals surface area contributed by atoms with Crippen LogP contribution in [0.25, 0.3) is 6.08 Å². The lowest BCUT2D eigenvalue weighted by Gasteiger charge is -2.20. The van der Waals surface area contributed by atoms with Crippen molar-refractivity contribution in [2.75, 3.05) is 34.3 Å². The first kappa shape index (κ1) is 31.8. The van der Waals surface area contributed by atoms with Crippen molar-refractivity contribution in [2.45, 2.75) is 38.1 Å². The number of carbonyl (C=O) groups is 1. The summed E-state index contributed by atoms with van der Waals surface area (Å²) >= 11 is 0.975. The molecule has 1 heterocycles. The molecular formula is C27H31F5N3O3PS. The molecule has 40 heavy (non-hydrogen) atoms. The largest absolute Gasteiger partial charge is 0.493 e. The zero-order chi connectivity index (χ0) is 29.3. The molecule has 1 N–H and O–H groups in total. The Balaban J connectivity index is 1.75. The maximum atomic E-state index is 13.5. The summed E-state index contributed by atoms with van der Waals surface area (Å²) in [5.41, 5.74) is 0.198. The van der Waals surface area contributed by atoms with Crippen molar-refractivity contribution in [3.8, 4) is 11.5 Å². The van der Waals surface area contributed by atoms with Gasteiger partial charge in [0.15, 0.2) is 17.1 Å². The SMILES string of the molecule is CN=C(NCCC1CCCN1C)/C(=C/c1ccc(OCc2ccc(C(F)(F)F)cc2P(F)F)c(OC)c1)SC=O. The fourth-order valence-corrected chi connectivity index (χ4v) is 5.58. The third-order valence-electron chi connectivity index (χ3n) is 6.54. The molecule has 1 atom stereocenters. The molecule has 1 saturated heterocycles. The minimum Gasteiger partial charge on any atom is -0.493 e. The molecule has 218 valence electrons. The first-order valence-electron chi connectivity index (χ1n) is 12.4. The Morgan fingerprint density at radius 3 is 2.60 bits per heavy atom. The summed E-state index contributed by atoms with van der Waals surface area (Å²) in [6.07, 6.45) is 0.317. The molecule has 0 aliphatic carbocycles. The third kappa shape index (κ3) is 8.65. The number of carbonyl (C=O) groups excluding carboxylic acids is 1. The van der Waals surface area contributed by atoms with Gasteiger partial charge in [-0.25, -0.2) is 0 Å². The van der Waals surface area contributed by atoms with Crippen LogP contribution in [0.5, 0.6) is 11.5 Å². The standard InChI is InChI=1S/C27H31F5N3O3PS/c1-33-26(34-11-10-21-5-4-12-35(21)2)25(40-17-36)14-18-6-9-22(23(13-18)37-3)38-16-19-7-8-20(27(28,29)30)15-24(19)39(31)32/h6-9,13-15,17,21H,4-5,10-12,16H2,1-3H3,(H,33,34)/b25-14-. The first-order chi connectivity index (χ1) is 19.1. The van der Waals surface area contributed by atoms with Crippen LogP contribution < -0.4 is 20.1 Å². The molecule has 13 heteroatoms. The summed E-state index contributed by atoms with van der Waals surface area (Å²) in [4.78, 5) is 18.6. The number of methoxy groups -OCH3 is 1. The number of hydrogen-bond donors (Lipinski definition) is 1. The van der Waals surface area contributed by atoms with E-state index in [0.717, 1.165) is 43.3 Å². The van der Waals surface area contributed by atoms with Gasteiger partial charge in [0, 0.05) is 30.5 Å².